The first-order valence-corrected chi connectivity index (χ1v) is 12.4. The van der Waals surface area contributed by atoms with Crippen LogP contribution in [-0.2, 0) is 19.1 Å². The second-order valence-corrected chi connectivity index (χ2v) is 8.88. The molecule has 4 aromatic rings. The molecule has 0 amide bonds. The summed E-state index contributed by atoms with van der Waals surface area (Å²) in [6.45, 7) is 3.00. The van der Waals surface area contributed by atoms with Crippen LogP contribution in [0.5, 0.6) is 28.7 Å². The van der Waals surface area contributed by atoms with Crippen LogP contribution in [0.15, 0.2) is 69.9 Å². The molecule has 0 saturated heterocycles. The van der Waals surface area contributed by atoms with Gasteiger partial charge < -0.3 is 23.4 Å². The van der Waals surface area contributed by atoms with Crippen LogP contribution >= 0.6 is 0 Å². The van der Waals surface area contributed by atoms with Crippen molar-refractivity contribution in [1.29, 1.82) is 0 Å². The second-order valence-electron chi connectivity index (χ2n) is 8.88. The molecule has 1 aliphatic heterocycles. The van der Waals surface area contributed by atoms with Crippen LogP contribution in [0, 0.1) is 0 Å². The summed E-state index contributed by atoms with van der Waals surface area (Å²) in [5.41, 5.74) is 0.229. The van der Waals surface area contributed by atoms with Gasteiger partial charge in [0.25, 0.3) is 5.76 Å². The number of methoxy groups -OCH3 is 1. The molecule has 0 bridgehead atoms. The summed E-state index contributed by atoms with van der Waals surface area (Å²) in [6.07, 6.45) is -4.37. The molecule has 5 rings (SSSR count). The van der Waals surface area contributed by atoms with Crippen LogP contribution < -0.4 is 24.4 Å². The van der Waals surface area contributed by atoms with E-state index >= 15 is 0 Å². The molecular formula is C29H26F3NO6. The molecule has 0 atom stereocenters. The molecule has 10 heteroatoms. The lowest BCUT2D eigenvalue weighted by Gasteiger charge is -2.29. The summed E-state index contributed by atoms with van der Waals surface area (Å²) in [6, 6.07) is 16.8. The average molecular weight is 542 g/mol. The maximum Gasteiger partial charge on any atom is 0.453 e. The zero-order valence-electron chi connectivity index (χ0n) is 21.3. The van der Waals surface area contributed by atoms with Crippen molar-refractivity contribution in [3.8, 4) is 28.7 Å². The van der Waals surface area contributed by atoms with Crippen molar-refractivity contribution in [3.63, 3.8) is 0 Å². The highest BCUT2D eigenvalue weighted by molar-refractivity contribution is 5.84. The number of alkyl halides is 3. The molecule has 1 aromatic heterocycles. The van der Waals surface area contributed by atoms with Crippen LogP contribution in [-0.4, -0.2) is 31.9 Å². The Labute approximate surface area is 222 Å². The maximum atomic E-state index is 14.2. The van der Waals surface area contributed by atoms with Crippen molar-refractivity contribution < 1.29 is 36.5 Å². The summed E-state index contributed by atoms with van der Waals surface area (Å²) >= 11 is 0. The molecule has 0 saturated carbocycles. The van der Waals surface area contributed by atoms with E-state index in [1.807, 2.05) is 29.2 Å². The van der Waals surface area contributed by atoms with E-state index in [1.165, 1.54) is 12.1 Å². The van der Waals surface area contributed by atoms with Gasteiger partial charge in [0, 0.05) is 13.1 Å². The Morgan fingerprint density at radius 3 is 2.41 bits per heavy atom. The predicted molar refractivity (Wildman–Crippen MR) is 138 cm³/mol. The number of ether oxygens (including phenoxy) is 4. The number of hydrogen-bond acceptors (Lipinski definition) is 7. The zero-order chi connectivity index (χ0) is 27.6. The summed E-state index contributed by atoms with van der Waals surface area (Å²) in [5, 5.41) is -0.0409. The van der Waals surface area contributed by atoms with Gasteiger partial charge in [-0.2, -0.15) is 13.2 Å². The summed E-state index contributed by atoms with van der Waals surface area (Å²) in [4.78, 5) is 15.3. The molecule has 0 fully saturated rings. The minimum atomic E-state index is -5.00. The third-order valence-electron chi connectivity index (χ3n) is 6.37. The fourth-order valence-electron chi connectivity index (χ4n) is 4.52. The van der Waals surface area contributed by atoms with E-state index < -0.39 is 23.1 Å². The number of para-hydroxylation sites is 3. The number of nitrogens with zero attached hydrogens (tertiary/aromatic N) is 1. The van der Waals surface area contributed by atoms with Crippen molar-refractivity contribution in [2.75, 3.05) is 27.0 Å². The van der Waals surface area contributed by atoms with Gasteiger partial charge >= 0.3 is 6.18 Å². The third kappa shape index (κ3) is 5.37. The normalized spacial score (nSPS) is 13.6. The molecular weight excluding hydrogens is 515 g/mol. The highest BCUT2D eigenvalue weighted by atomic mass is 19.4. The SMILES string of the molecule is CCOc1ccccc1Oc1c(C(F)(F)F)oc2c3c(ccc2c1=O)OCN(CCc1ccccc1OC)C3. The Bertz CT molecular complexity index is 1550. The highest BCUT2D eigenvalue weighted by Crippen LogP contribution is 2.42. The van der Waals surface area contributed by atoms with E-state index in [9.17, 15) is 18.0 Å². The smallest absolute Gasteiger partial charge is 0.453 e. The standard InChI is InChI=1S/C29H26F3NO6/c1-3-36-23-10-6-7-11-24(23)38-27-25(34)19-12-13-22-20(26(19)39-28(27)29(30,31)32)16-33(17-37-22)15-14-18-8-4-5-9-21(18)35-2/h4-13H,3,14-17H2,1-2H3. The molecule has 1 aliphatic rings. The quantitative estimate of drug-likeness (QED) is 0.255. The fraction of sp³-hybridized carbons (Fsp3) is 0.276. The summed E-state index contributed by atoms with van der Waals surface area (Å²) in [7, 11) is 1.60. The first-order chi connectivity index (χ1) is 18.8. The van der Waals surface area contributed by atoms with Crippen LogP contribution in [0.4, 0.5) is 13.2 Å². The molecule has 0 spiro atoms. The van der Waals surface area contributed by atoms with E-state index in [0.29, 0.717) is 24.3 Å². The average Bonchev–Trinajstić information content (AvgIpc) is 2.93. The Balaban J connectivity index is 1.52. The topological polar surface area (TPSA) is 70.4 Å². The minimum Gasteiger partial charge on any atom is -0.496 e. The largest absolute Gasteiger partial charge is 0.496 e. The Morgan fingerprint density at radius 1 is 0.974 bits per heavy atom. The van der Waals surface area contributed by atoms with Crippen LogP contribution in [0.2, 0.25) is 0 Å². The molecule has 0 radical (unpaired) electrons. The second kappa shape index (κ2) is 10.9. The number of fused-ring (bicyclic) bond motifs is 3. The minimum absolute atomic E-state index is 0.0275. The number of halogens is 3. The lowest BCUT2D eigenvalue weighted by atomic mass is 10.1. The van der Waals surface area contributed by atoms with Gasteiger partial charge in [-0.05, 0) is 49.2 Å². The fourth-order valence-corrected chi connectivity index (χ4v) is 4.52. The van der Waals surface area contributed by atoms with Crippen molar-refractivity contribution in [3.05, 3.63) is 87.8 Å². The van der Waals surface area contributed by atoms with Gasteiger partial charge in [0.15, 0.2) is 11.5 Å². The molecule has 7 nitrogen and oxygen atoms in total. The van der Waals surface area contributed by atoms with Gasteiger partial charge in [0.2, 0.25) is 11.2 Å². The lowest BCUT2D eigenvalue weighted by molar-refractivity contribution is -0.154. The van der Waals surface area contributed by atoms with Gasteiger partial charge in [0.05, 0.1) is 24.7 Å². The van der Waals surface area contributed by atoms with Crippen molar-refractivity contribution >= 4 is 11.0 Å². The van der Waals surface area contributed by atoms with E-state index in [4.69, 9.17) is 23.4 Å². The Kier molecular flexibility index (Phi) is 7.38. The number of hydrogen-bond donors (Lipinski definition) is 0. The summed E-state index contributed by atoms with van der Waals surface area (Å²) in [5.74, 6) is -1.18. The molecule has 2 heterocycles. The first kappa shape index (κ1) is 26.4. The van der Waals surface area contributed by atoms with Crippen LogP contribution in [0.3, 0.4) is 0 Å². The van der Waals surface area contributed by atoms with Gasteiger partial charge in [-0.3, -0.25) is 9.69 Å². The monoisotopic (exact) mass is 541 g/mol. The lowest BCUT2D eigenvalue weighted by Crippen LogP contribution is -2.34. The summed E-state index contributed by atoms with van der Waals surface area (Å²) < 4.78 is 70.2. The Hall–Kier alpha value is -4.18. The maximum absolute atomic E-state index is 14.2. The van der Waals surface area contributed by atoms with Gasteiger partial charge in [0.1, 0.15) is 23.8 Å². The number of benzene rings is 3. The molecule has 204 valence electrons. The van der Waals surface area contributed by atoms with E-state index in [1.54, 1.807) is 38.3 Å². The molecule has 0 aliphatic carbocycles. The Morgan fingerprint density at radius 2 is 1.69 bits per heavy atom. The molecule has 3 aromatic carbocycles. The molecule has 39 heavy (non-hydrogen) atoms. The van der Waals surface area contributed by atoms with Crippen molar-refractivity contribution in [2.45, 2.75) is 26.1 Å². The molecule has 0 unspecified atom stereocenters. The number of rotatable bonds is 8. The highest BCUT2D eigenvalue weighted by Gasteiger charge is 2.41. The van der Waals surface area contributed by atoms with Gasteiger partial charge in [-0.1, -0.05) is 30.3 Å². The zero-order valence-corrected chi connectivity index (χ0v) is 21.3. The van der Waals surface area contributed by atoms with Crippen LogP contribution in [0.25, 0.3) is 11.0 Å². The van der Waals surface area contributed by atoms with E-state index in [-0.39, 0.29) is 42.4 Å². The van der Waals surface area contributed by atoms with Gasteiger partial charge in [-0.15, -0.1) is 0 Å². The molecule has 0 N–H and O–H groups in total. The van der Waals surface area contributed by atoms with Gasteiger partial charge in [-0.25, -0.2) is 0 Å². The predicted octanol–water partition coefficient (Wildman–Crippen LogP) is 6.41. The van der Waals surface area contributed by atoms with E-state index in [2.05, 4.69) is 0 Å². The van der Waals surface area contributed by atoms with Crippen molar-refractivity contribution in [2.24, 2.45) is 0 Å². The third-order valence-corrected chi connectivity index (χ3v) is 6.37. The van der Waals surface area contributed by atoms with Crippen LogP contribution in [0.1, 0.15) is 23.8 Å². The van der Waals surface area contributed by atoms with E-state index in [0.717, 1.165) is 11.3 Å². The van der Waals surface area contributed by atoms with Crippen molar-refractivity contribution in [1.82, 2.24) is 4.90 Å². The first-order valence-electron chi connectivity index (χ1n) is 12.4.